The summed E-state index contributed by atoms with van der Waals surface area (Å²) in [6.07, 6.45) is 11.0. The van der Waals surface area contributed by atoms with Gasteiger partial charge in [0.2, 0.25) is 5.91 Å². The van der Waals surface area contributed by atoms with Crippen molar-refractivity contribution in [3.05, 3.63) is 96.8 Å². The number of aromatic nitrogens is 2. The zero-order valence-electron chi connectivity index (χ0n) is 21.8. The average Bonchev–Trinajstić information content (AvgIpc) is 3.49. The van der Waals surface area contributed by atoms with Crippen LogP contribution in [0.1, 0.15) is 60.9 Å². The van der Waals surface area contributed by atoms with Gasteiger partial charge in [0.1, 0.15) is 0 Å². The molecule has 1 saturated carbocycles. The summed E-state index contributed by atoms with van der Waals surface area (Å²) in [5.74, 6) is -0.730. The predicted octanol–water partition coefficient (Wildman–Crippen LogP) is 4.61. The Balaban J connectivity index is 1.46. The number of hydrogen-bond donors (Lipinski definition) is 3. The fourth-order valence-corrected chi connectivity index (χ4v) is 5.12. The first kappa shape index (κ1) is 27.3. The fourth-order valence-electron chi connectivity index (χ4n) is 5.12. The van der Waals surface area contributed by atoms with Crippen LogP contribution >= 0.6 is 0 Å². The number of amides is 2. The second-order valence-corrected chi connectivity index (χ2v) is 10.1. The Morgan fingerprint density at radius 3 is 2.45 bits per heavy atom. The molecular formula is C31H38N4O3. The van der Waals surface area contributed by atoms with Crippen LogP contribution in [-0.2, 0) is 11.2 Å². The van der Waals surface area contributed by atoms with Crippen molar-refractivity contribution in [1.29, 1.82) is 0 Å². The van der Waals surface area contributed by atoms with Gasteiger partial charge in [0, 0.05) is 29.9 Å². The van der Waals surface area contributed by atoms with Crippen LogP contribution in [0.3, 0.4) is 0 Å². The molecular weight excluding hydrogens is 476 g/mol. The highest BCUT2D eigenvalue weighted by atomic mass is 16.3. The predicted molar refractivity (Wildman–Crippen MR) is 149 cm³/mol. The summed E-state index contributed by atoms with van der Waals surface area (Å²) >= 11 is 0. The van der Waals surface area contributed by atoms with Gasteiger partial charge in [0.25, 0.3) is 5.91 Å². The van der Waals surface area contributed by atoms with E-state index < -0.39 is 18.1 Å². The maximum atomic E-state index is 13.2. The van der Waals surface area contributed by atoms with Gasteiger partial charge in [0.05, 0.1) is 17.8 Å². The molecule has 0 bridgehead atoms. The van der Waals surface area contributed by atoms with E-state index in [-0.39, 0.29) is 24.3 Å². The van der Waals surface area contributed by atoms with Crippen molar-refractivity contribution in [3.8, 4) is 5.69 Å². The van der Waals surface area contributed by atoms with Crippen LogP contribution in [0, 0.1) is 5.92 Å². The molecule has 1 aromatic heterocycles. The van der Waals surface area contributed by atoms with E-state index in [1.807, 2.05) is 54.7 Å². The van der Waals surface area contributed by atoms with Crippen LogP contribution in [0.15, 0.2) is 85.7 Å². The lowest BCUT2D eigenvalue weighted by atomic mass is 9.89. The Morgan fingerprint density at radius 1 is 1.05 bits per heavy atom. The Kier molecular flexibility index (Phi) is 9.87. The first-order valence-electron chi connectivity index (χ1n) is 13.6. The lowest BCUT2D eigenvalue weighted by Gasteiger charge is -2.29. The highest BCUT2D eigenvalue weighted by molar-refractivity contribution is 5.94. The van der Waals surface area contributed by atoms with Gasteiger partial charge >= 0.3 is 0 Å². The minimum Gasteiger partial charge on any atom is -0.391 e. The smallest absolute Gasteiger partial charge is 0.251 e. The quantitative estimate of drug-likeness (QED) is 0.308. The van der Waals surface area contributed by atoms with E-state index in [1.54, 1.807) is 29.1 Å². The van der Waals surface area contributed by atoms with E-state index in [2.05, 4.69) is 22.3 Å². The van der Waals surface area contributed by atoms with Gasteiger partial charge in [-0.15, -0.1) is 6.58 Å². The van der Waals surface area contributed by atoms with Crippen molar-refractivity contribution >= 4 is 11.8 Å². The maximum Gasteiger partial charge on any atom is 0.251 e. The Bertz CT molecular complexity index is 1160. The minimum absolute atomic E-state index is 0.0464. The van der Waals surface area contributed by atoms with Gasteiger partial charge in [-0.1, -0.05) is 55.7 Å². The zero-order valence-corrected chi connectivity index (χ0v) is 21.8. The molecule has 3 aromatic rings. The summed E-state index contributed by atoms with van der Waals surface area (Å²) in [4.78, 5) is 26.3. The van der Waals surface area contributed by atoms with E-state index in [0.29, 0.717) is 18.4 Å². The summed E-state index contributed by atoms with van der Waals surface area (Å²) in [6, 6.07) is 18.4. The van der Waals surface area contributed by atoms with Gasteiger partial charge in [-0.3, -0.25) is 9.59 Å². The molecule has 3 atom stereocenters. The lowest BCUT2D eigenvalue weighted by molar-refractivity contribution is -0.127. The molecule has 1 aliphatic carbocycles. The third kappa shape index (κ3) is 7.65. The monoisotopic (exact) mass is 514 g/mol. The molecule has 200 valence electrons. The minimum atomic E-state index is -0.912. The largest absolute Gasteiger partial charge is 0.391 e. The first-order valence-corrected chi connectivity index (χ1v) is 13.6. The summed E-state index contributed by atoms with van der Waals surface area (Å²) in [5.41, 5.74) is 2.34. The SMILES string of the molecule is C=CC[C@@H](C[C@H](O)[C@H](Cc1ccccc1)NC(=O)c1ccc(-n2cccn2)cc1)C(=O)NC1CCCCC1. The second kappa shape index (κ2) is 13.7. The van der Waals surface area contributed by atoms with Gasteiger partial charge in [-0.2, -0.15) is 5.10 Å². The topological polar surface area (TPSA) is 96.2 Å². The molecule has 1 fully saturated rings. The number of carbonyl (C=O) groups excluding carboxylic acids is 2. The number of nitrogens with one attached hydrogen (secondary N) is 2. The van der Waals surface area contributed by atoms with Gasteiger partial charge in [-0.05, 0) is 68.0 Å². The highest BCUT2D eigenvalue weighted by Crippen LogP contribution is 2.21. The third-order valence-corrected chi connectivity index (χ3v) is 7.28. The average molecular weight is 515 g/mol. The molecule has 4 rings (SSSR count). The van der Waals surface area contributed by atoms with Crippen molar-refractivity contribution in [1.82, 2.24) is 20.4 Å². The molecule has 0 aliphatic heterocycles. The van der Waals surface area contributed by atoms with Crippen LogP contribution < -0.4 is 10.6 Å². The fraction of sp³-hybridized carbons (Fsp3) is 0.387. The molecule has 2 aromatic carbocycles. The molecule has 38 heavy (non-hydrogen) atoms. The number of carbonyl (C=O) groups is 2. The summed E-state index contributed by atoms with van der Waals surface area (Å²) in [7, 11) is 0. The molecule has 7 heteroatoms. The van der Waals surface area contributed by atoms with Crippen molar-refractivity contribution < 1.29 is 14.7 Å². The number of hydrogen-bond acceptors (Lipinski definition) is 4. The maximum absolute atomic E-state index is 13.2. The number of benzene rings is 2. The number of allylic oxidation sites excluding steroid dienone is 1. The zero-order chi connectivity index (χ0) is 26.7. The van der Waals surface area contributed by atoms with Crippen molar-refractivity contribution in [2.24, 2.45) is 5.92 Å². The normalized spacial score (nSPS) is 16.2. The molecule has 1 heterocycles. The van der Waals surface area contributed by atoms with E-state index in [0.717, 1.165) is 36.9 Å². The van der Waals surface area contributed by atoms with Gasteiger partial charge in [0.15, 0.2) is 0 Å². The van der Waals surface area contributed by atoms with Crippen LogP contribution in [0.25, 0.3) is 5.69 Å². The van der Waals surface area contributed by atoms with Gasteiger partial charge in [-0.25, -0.2) is 4.68 Å². The summed E-state index contributed by atoms with van der Waals surface area (Å²) in [5, 5.41) is 21.8. The van der Waals surface area contributed by atoms with Crippen LogP contribution in [-0.4, -0.2) is 44.9 Å². The molecule has 0 spiro atoms. The Hall–Kier alpha value is -3.71. The molecule has 1 aliphatic rings. The standard InChI is InChI=1S/C31H38N4O3/c1-2-10-25(31(38)33-26-13-7-4-8-14-26)22-29(36)28(21-23-11-5-3-6-12-23)34-30(37)24-15-17-27(18-16-24)35-20-9-19-32-35/h2-3,5-6,9,11-12,15-20,25-26,28-29,36H,1,4,7-8,10,13-14,21-22H2,(H,33,38)(H,34,37)/t25-,28-,29-/m0/s1. The number of rotatable bonds is 12. The number of aliphatic hydroxyl groups is 1. The molecule has 0 unspecified atom stereocenters. The number of aliphatic hydroxyl groups excluding tert-OH is 1. The third-order valence-electron chi connectivity index (χ3n) is 7.28. The summed E-state index contributed by atoms with van der Waals surface area (Å²) in [6.45, 7) is 3.83. The molecule has 7 nitrogen and oxygen atoms in total. The molecule has 0 saturated heterocycles. The Morgan fingerprint density at radius 2 is 1.79 bits per heavy atom. The van der Waals surface area contributed by atoms with Crippen LogP contribution in [0.5, 0.6) is 0 Å². The number of nitrogens with zero attached hydrogens (tertiary/aromatic N) is 2. The molecule has 3 N–H and O–H groups in total. The van der Waals surface area contributed by atoms with Crippen LogP contribution in [0.4, 0.5) is 0 Å². The van der Waals surface area contributed by atoms with Crippen molar-refractivity contribution in [2.75, 3.05) is 0 Å². The first-order chi connectivity index (χ1) is 18.5. The molecule has 2 amide bonds. The van der Waals surface area contributed by atoms with Gasteiger partial charge < -0.3 is 15.7 Å². The van der Waals surface area contributed by atoms with E-state index in [1.165, 1.54) is 6.42 Å². The summed E-state index contributed by atoms with van der Waals surface area (Å²) < 4.78 is 1.72. The Labute approximate surface area is 225 Å². The van der Waals surface area contributed by atoms with E-state index in [4.69, 9.17) is 0 Å². The highest BCUT2D eigenvalue weighted by Gasteiger charge is 2.29. The van der Waals surface area contributed by atoms with Crippen molar-refractivity contribution in [3.63, 3.8) is 0 Å². The second-order valence-electron chi connectivity index (χ2n) is 10.1. The van der Waals surface area contributed by atoms with E-state index >= 15 is 0 Å². The molecule has 0 radical (unpaired) electrons. The van der Waals surface area contributed by atoms with Crippen LogP contribution in [0.2, 0.25) is 0 Å². The van der Waals surface area contributed by atoms with E-state index in [9.17, 15) is 14.7 Å². The van der Waals surface area contributed by atoms with Crippen molar-refractivity contribution in [2.45, 2.75) is 69.6 Å². The lowest BCUT2D eigenvalue weighted by Crippen LogP contribution is -2.47.